The fourth-order valence-corrected chi connectivity index (χ4v) is 4.76. The number of hydrogen-bond donors (Lipinski definition) is 1. The summed E-state index contributed by atoms with van der Waals surface area (Å²) in [5, 5.41) is 3.95. The van der Waals surface area contributed by atoms with Gasteiger partial charge in [0, 0.05) is 24.6 Å². The van der Waals surface area contributed by atoms with Crippen molar-refractivity contribution in [1.29, 1.82) is 0 Å². The molecule has 8 nitrogen and oxygen atoms in total. The maximum atomic E-state index is 13.4. The molecule has 0 bridgehead atoms. The van der Waals surface area contributed by atoms with E-state index in [1.54, 1.807) is 49.9 Å². The summed E-state index contributed by atoms with van der Waals surface area (Å²) in [5.74, 6) is 0.330. The van der Waals surface area contributed by atoms with E-state index in [2.05, 4.69) is 5.32 Å². The Kier molecular flexibility index (Phi) is 8.89. The molecule has 32 heavy (non-hydrogen) atoms. The molecule has 2 aliphatic heterocycles. The van der Waals surface area contributed by atoms with Crippen LogP contribution in [0, 0.1) is 0 Å². The number of nitrogens with one attached hydrogen (secondary N) is 1. The molecule has 1 aromatic rings. The molecule has 2 atom stereocenters. The van der Waals surface area contributed by atoms with Crippen LogP contribution in [0.2, 0.25) is 0 Å². The lowest BCUT2D eigenvalue weighted by molar-refractivity contribution is -0.186. The molecule has 2 amide bonds. The summed E-state index contributed by atoms with van der Waals surface area (Å²) < 4.78 is 5.43. The molecule has 2 saturated heterocycles. The number of ether oxygens (including phenoxy) is 1. The first-order valence-corrected chi connectivity index (χ1v) is 12.4. The first-order chi connectivity index (χ1) is 15.4. The minimum atomic E-state index is -1.37. The van der Waals surface area contributed by atoms with Crippen molar-refractivity contribution in [1.82, 2.24) is 15.3 Å². The van der Waals surface area contributed by atoms with Crippen LogP contribution in [-0.2, 0) is 19.2 Å². The third-order valence-corrected chi connectivity index (χ3v) is 6.54. The predicted octanol–water partition coefficient (Wildman–Crippen LogP) is 2.41. The Balaban J connectivity index is 1.94. The molecule has 2 heterocycles. The number of thiocarbonyl (C=S) groups is 1. The Morgan fingerprint density at radius 1 is 1.19 bits per heavy atom. The molecule has 2 fully saturated rings. The van der Waals surface area contributed by atoms with Crippen molar-refractivity contribution in [3.8, 4) is 0 Å². The standard InChI is InChI=1S/C22H29N3O5S2/c1-15(2)29-21(27)18(19(31)16-7-4-3-5-8-16)25(20(26)17-9-6-10-23-17)30-22(28)24-11-13-32-14-12-24/h3-5,7-8,15,17-18,23H,6,9-14H2,1-2H3/t17-,18-/m0/s1. The van der Waals surface area contributed by atoms with Gasteiger partial charge in [0.15, 0.2) is 0 Å². The summed E-state index contributed by atoms with van der Waals surface area (Å²) in [6, 6.07) is 6.97. The highest BCUT2D eigenvalue weighted by molar-refractivity contribution is 7.99. The number of thioether (sulfide) groups is 1. The highest BCUT2D eigenvalue weighted by atomic mass is 32.2. The number of hydrogen-bond acceptors (Lipinski definition) is 8. The quantitative estimate of drug-likeness (QED) is 0.288. The second-order valence-electron chi connectivity index (χ2n) is 7.89. The lowest BCUT2D eigenvalue weighted by Crippen LogP contribution is -2.57. The van der Waals surface area contributed by atoms with Gasteiger partial charge in [-0.05, 0) is 38.8 Å². The van der Waals surface area contributed by atoms with Crippen LogP contribution >= 0.6 is 24.0 Å². The number of carbonyl (C=O) groups is 3. The van der Waals surface area contributed by atoms with Crippen LogP contribution in [-0.4, -0.2) is 82.1 Å². The Bertz CT molecular complexity index is 824. The Morgan fingerprint density at radius 3 is 2.47 bits per heavy atom. The smallest absolute Gasteiger partial charge is 0.434 e. The molecule has 0 aliphatic carbocycles. The van der Waals surface area contributed by atoms with Crippen molar-refractivity contribution in [2.75, 3.05) is 31.1 Å². The largest absolute Gasteiger partial charge is 0.461 e. The second kappa shape index (κ2) is 11.6. The molecular formula is C22H29N3O5S2. The van der Waals surface area contributed by atoms with Crippen LogP contribution in [0.25, 0.3) is 0 Å². The Labute approximate surface area is 197 Å². The predicted molar refractivity (Wildman–Crippen MR) is 126 cm³/mol. The highest BCUT2D eigenvalue weighted by Crippen LogP contribution is 2.20. The van der Waals surface area contributed by atoms with Gasteiger partial charge in [0.25, 0.3) is 5.91 Å². The zero-order valence-corrected chi connectivity index (χ0v) is 20.0. The maximum Gasteiger partial charge on any atom is 0.434 e. The van der Waals surface area contributed by atoms with Crippen molar-refractivity contribution < 1.29 is 24.0 Å². The first kappa shape index (κ1) is 24.5. The van der Waals surface area contributed by atoms with Gasteiger partial charge in [-0.1, -0.05) is 42.5 Å². The molecule has 0 radical (unpaired) electrons. The fraction of sp³-hybridized carbons (Fsp3) is 0.545. The molecule has 174 valence electrons. The number of benzene rings is 1. The van der Waals surface area contributed by atoms with Crippen molar-refractivity contribution in [3.05, 3.63) is 35.9 Å². The van der Waals surface area contributed by atoms with Crippen LogP contribution in [0.1, 0.15) is 32.3 Å². The van der Waals surface area contributed by atoms with Gasteiger partial charge < -0.3 is 19.8 Å². The summed E-state index contributed by atoms with van der Waals surface area (Å²) in [5.41, 5.74) is 0.579. The zero-order valence-electron chi connectivity index (χ0n) is 18.3. The minimum absolute atomic E-state index is 0.157. The first-order valence-electron chi connectivity index (χ1n) is 10.8. The van der Waals surface area contributed by atoms with E-state index in [9.17, 15) is 14.4 Å². The van der Waals surface area contributed by atoms with E-state index in [4.69, 9.17) is 21.8 Å². The van der Waals surface area contributed by atoms with Crippen LogP contribution in [0.4, 0.5) is 4.79 Å². The van der Waals surface area contributed by atoms with Crippen molar-refractivity contribution in [3.63, 3.8) is 0 Å². The van der Waals surface area contributed by atoms with Crippen molar-refractivity contribution >= 4 is 46.8 Å². The average molecular weight is 480 g/mol. The van der Waals surface area contributed by atoms with Crippen molar-refractivity contribution in [2.45, 2.75) is 44.9 Å². The van der Waals surface area contributed by atoms with E-state index in [1.165, 1.54) is 4.90 Å². The van der Waals surface area contributed by atoms with Gasteiger partial charge in [-0.25, -0.2) is 9.59 Å². The van der Waals surface area contributed by atoms with Crippen LogP contribution in [0.15, 0.2) is 30.3 Å². The van der Waals surface area contributed by atoms with Crippen LogP contribution < -0.4 is 5.32 Å². The van der Waals surface area contributed by atoms with Crippen LogP contribution in [0.5, 0.6) is 0 Å². The van der Waals surface area contributed by atoms with E-state index in [1.807, 2.05) is 6.07 Å². The number of rotatable bonds is 6. The molecule has 10 heteroatoms. The zero-order chi connectivity index (χ0) is 23.1. The lowest BCUT2D eigenvalue weighted by Gasteiger charge is -2.33. The van der Waals surface area contributed by atoms with E-state index in [0.717, 1.165) is 23.0 Å². The molecule has 0 spiro atoms. The minimum Gasteiger partial charge on any atom is -0.461 e. The average Bonchev–Trinajstić information content (AvgIpc) is 3.33. The topological polar surface area (TPSA) is 88.2 Å². The number of amides is 2. The molecule has 3 rings (SSSR count). The molecule has 0 unspecified atom stereocenters. The van der Waals surface area contributed by atoms with Gasteiger partial charge in [0.1, 0.15) is 0 Å². The van der Waals surface area contributed by atoms with Gasteiger partial charge in [0.05, 0.1) is 17.0 Å². The highest BCUT2D eigenvalue weighted by Gasteiger charge is 2.42. The molecule has 0 aromatic heterocycles. The number of hydroxylamine groups is 2. The summed E-state index contributed by atoms with van der Waals surface area (Å²) in [7, 11) is 0. The number of nitrogens with zero attached hydrogens (tertiary/aromatic N) is 2. The van der Waals surface area contributed by atoms with Gasteiger partial charge in [-0.15, -0.1) is 5.06 Å². The Hall–Kier alpha value is -2.17. The van der Waals surface area contributed by atoms with Crippen molar-refractivity contribution in [2.24, 2.45) is 0 Å². The summed E-state index contributed by atoms with van der Waals surface area (Å²) >= 11 is 7.37. The maximum absolute atomic E-state index is 13.4. The van der Waals surface area contributed by atoms with Gasteiger partial charge >= 0.3 is 12.1 Å². The monoisotopic (exact) mass is 479 g/mol. The molecule has 0 saturated carbocycles. The number of esters is 1. The third-order valence-electron chi connectivity index (χ3n) is 5.14. The summed E-state index contributed by atoms with van der Waals surface area (Å²) in [4.78, 5) is 46.8. The molecular weight excluding hydrogens is 450 g/mol. The Morgan fingerprint density at radius 2 is 1.88 bits per heavy atom. The van der Waals surface area contributed by atoms with Gasteiger partial charge in [-0.3, -0.25) is 4.79 Å². The van der Waals surface area contributed by atoms with Crippen LogP contribution in [0.3, 0.4) is 0 Å². The van der Waals surface area contributed by atoms with E-state index in [-0.39, 0.29) is 4.86 Å². The summed E-state index contributed by atoms with van der Waals surface area (Å²) in [6.07, 6.45) is 0.290. The number of carbonyl (C=O) groups excluding carboxylic acids is 3. The van der Waals surface area contributed by atoms with E-state index in [0.29, 0.717) is 31.6 Å². The van der Waals surface area contributed by atoms with Gasteiger partial charge in [-0.2, -0.15) is 11.8 Å². The van der Waals surface area contributed by atoms with Gasteiger partial charge in [0.2, 0.25) is 6.04 Å². The fourth-order valence-electron chi connectivity index (χ4n) is 3.53. The third kappa shape index (κ3) is 6.20. The summed E-state index contributed by atoms with van der Waals surface area (Å²) in [6.45, 7) is 5.12. The SMILES string of the molecule is CC(C)OC(=O)[C@H](C(=S)c1ccccc1)N(OC(=O)N1CCSCC1)C(=O)[C@@H]1CCCN1. The molecule has 1 N–H and O–H groups in total. The lowest BCUT2D eigenvalue weighted by atomic mass is 10.0. The van der Waals surface area contributed by atoms with E-state index < -0.39 is 36.2 Å². The second-order valence-corrected chi connectivity index (χ2v) is 9.55. The molecule has 2 aliphatic rings. The van der Waals surface area contributed by atoms with E-state index >= 15 is 0 Å². The normalized spacial score (nSPS) is 19.3. The molecule has 1 aromatic carbocycles.